The molecule has 32 heavy (non-hydrogen) atoms. The normalized spacial score (nSPS) is 10.6. The molecule has 0 atom stereocenters. The van der Waals surface area contributed by atoms with Crippen LogP contribution in [0, 0.1) is 10.1 Å². The molecule has 3 aromatic rings. The molecule has 11 heteroatoms. The van der Waals surface area contributed by atoms with E-state index in [1.54, 1.807) is 25.3 Å². The number of amides is 1. The highest BCUT2D eigenvalue weighted by molar-refractivity contribution is 7.99. The average Bonchev–Trinajstić information content (AvgIpc) is 3.20. The minimum atomic E-state index is -0.536. The number of carbonyl (C=O) groups excluding carboxylic acids is 2. The lowest BCUT2D eigenvalue weighted by Crippen LogP contribution is -2.23. The van der Waals surface area contributed by atoms with Crippen molar-refractivity contribution in [3.05, 3.63) is 70.0 Å². The van der Waals surface area contributed by atoms with Gasteiger partial charge in [-0.2, -0.15) is 0 Å². The van der Waals surface area contributed by atoms with Gasteiger partial charge in [-0.25, -0.2) is 0 Å². The van der Waals surface area contributed by atoms with Crippen LogP contribution in [0.15, 0.2) is 53.7 Å². The number of nitro groups is 1. The molecule has 1 N–H and O–H groups in total. The first-order valence-electron chi connectivity index (χ1n) is 9.62. The third kappa shape index (κ3) is 5.70. The Morgan fingerprint density at radius 1 is 1.19 bits per heavy atom. The van der Waals surface area contributed by atoms with Crippen molar-refractivity contribution in [2.75, 3.05) is 19.4 Å². The van der Waals surface area contributed by atoms with E-state index in [1.807, 2.05) is 16.7 Å². The fourth-order valence-electron chi connectivity index (χ4n) is 2.90. The number of Topliss-reactive ketones (excluding diaryl/α,β-unsaturated/α-hetero) is 1. The Morgan fingerprint density at radius 3 is 2.59 bits per heavy atom. The van der Waals surface area contributed by atoms with Crippen LogP contribution in [0.5, 0.6) is 5.75 Å². The second kappa shape index (κ2) is 10.5. The summed E-state index contributed by atoms with van der Waals surface area (Å²) in [6.07, 6.45) is 0.442. The van der Waals surface area contributed by atoms with Crippen molar-refractivity contribution in [3.63, 3.8) is 0 Å². The second-order valence-electron chi connectivity index (χ2n) is 6.68. The molecule has 0 radical (unpaired) electrons. The molecule has 166 valence electrons. The van der Waals surface area contributed by atoms with E-state index >= 15 is 0 Å². The average molecular weight is 455 g/mol. The lowest BCUT2D eigenvalue weighted by Gasteiger charge is -2.11. The number of nitrogens with one attached hydrogen (secondary N) is 1. The summed E-state index contributed by atoms with van der Waals surface area (Å²) in [5.74, 6) is 0.938. The molecule has 10 nitrogen and oxygen atoms in total. The van der Waals surface area contributed by atoms with Crippen molar-refractivity contribution < 1.29 is 19.2 Å². The first-order valence-corrected chi connectivity index (χ1v) is 10.6. The highest BCUT2D eigenvalue weighted by atomic mass is 32.2. The summed E-state index contributed by atoms with van der Waals surface area (Å²) >= 11 is 1.18. The molecule has 3 rings (SSSR count). The summed E-state index contributed by atoms with van der Waals surface area (Å²) in [5.41, 5.74) is 0.898. The number of ether oxygens (including phenoxy) is 1. The van der Waals surface area contributed by atoms with Gasteiger partial charge in [-0.05, 0) is 24.3 Å². The van der Waals surface area contributed by atoms with E-state index in [0.717, 1.165) is 5.69 Å². The number of carbonyl (C=O) groups is 2. The number of methoxy groups -OCH3 is 1. The lowest BCUT2D eigenvalue weighted by molar-refractivity contribution is -0.384. The van der Waals surface area contributed by atoms with Crippen LogP contribution in [-0.2, 0) is 11.2 Å². The van der Waals surface area contributed by atoms with Gasteiger partial charge in [-0.15, -0.1) is 10.2 Å². The summed E-state index contributed by atoms with van der Waals surface area (Å²) in [7, 11) is 1.58. The maximum absolute atomic E-state index is 12.6. The molecule has 0 fully saturated rings. The topological polar surface area (TPSA) is 129 Å². The van der Waals surface area contributed by atoms with Gasteiger partial charge in [0.2, 0.25) is 5.91 Å². The Morgan fingerprint density at radius 2 is 1.94 bits per heavy atom. The molecule has 1 heterocycles. The summed E-state index contributed by atoms with van der Waals surface area (Å²) < 4.78 is 7.02. The molecule has 0 unspecified atom stereocenters. The lowest BCUT2D eigenvalue weighted by atomic mass is 10.1. The number of rotatable bonds is 10. The molecule has 0 spiro atoms. The summed E-state index contributed by atoms with van der Waals surface area (Å²) in [5, 5.41) is 22.6. The van der Waals surface area contributed by atoms with E-state index in [4.69, 9.17) is 4.74 Å². The van der Waals surface area contributed by atoms with Crippen molar-refractivity contribution in [3.8, 4) is 11.4 Å². The van der Waals surface area contributed by atoms with Crippen LogP contribution in [-0.4, -0.2) is 50.8 Å². The fraction of sp³-hybridized carbons (Fsp3) is 0.238. The monoisotopic (exact) mass is 455 g/mol. The molecule has 1 amide bonds. The summed E-state index contributed by atoms with van der Waals surface area (Å²) in [6.45, 7) is 1.83. The molecule has 2 aromatic carbocycles. The standard InChI is InChI=1S/C21H21N5O5S/c1-14(27)22-11-10-20-23-24-21(25(20)16-6-8-18(31-2)9-7-16)32-13-19(28)15-4-3-5-17(12-15)26(29)30/h3-9,12H,10-11,13H2,1-2H3,(H,22,27). The molecule has 0 aliphatic rings. The highest BCUT2D eigenvalue weighted by Gasteiger charge is 2.18. The van der Waals surface area contributed by atoms with Crippen molar-refractivity contribution in [2.24, 2.45) is 0 Å². The second-order valence-corrected chi connectivity index (χ2v) is 7.63. The van der Waals surface area contributed by atoms with Gasteiger partial charge in [0.05, 0.1) is 17.8 Å². The van der Waals surface area contributed by atoms with Crippen molar-refractivity contribution in [1.82, 2.24) is 20.1 Å². The molecule has 0 saturated heterocycles. The molecule has 0 aliphatic heterocycles. The minimum Gasteiger partial charge on any atom is -0.497 e. The van der Waals surface area contributed by atoms with Crippen molar-refractivity contribution in [2.45, 2.75) is 18.5 Å². The van der Waals surface area contributed by atoms with Gasteiger partial charge >= 0.3 is 0 Å². The molecule has 0 saturated carbocycles. The Labute approximate surface area is 188 Å². The zero-order valence-electron chi connectivity index (χ0n) is 17.5. The number of nitro benzene ring substituents is 1. The quantitative estimate of drug-likeness (QED) is 0.214. The van der Waals surface area contributed by atoms with Gasteiger partial charge < -0.3 is 10.1 Å². The van der Waals surface area contributed by atoms with Crippen LogP contribution < -0.4 is 10.1 Å². The summed E-state index contributed by atoms with van der Waals surface area (Å²) in [4.78, 5) is 34.2. The first kappa shape index (κ1) is 22.9. The van der Waals surface area contributed by atoms with E-state index in [-0.39, 0.29) is 28.7 Å². The van der Waals surface area contributed by atoms with Gasteiger partial charge in [0.15, 0.2) is 10.9 Å². The first-order chi connectivity index (χ1) is 15.4. The number of ketones is 1. The predicted molar refractivity (Wildman–Crippen MR) is 118 cm³/mol. The number of non-ortho nitro benzene ring substituents is 1. The van der Waals surface area contributed by atoms with Crippen LogP contribution in [0.25, 0.3) is 5.69 Å². The van der Waals surface area contributed by atoms with Gasteiger partial charge in [-0.3, -0.25) is 24.3 Å². The maximum Gasteiger partial charge on any atom is 0.270 e. The van der Waals surface area contributed by atoms with E-state index in [2.05, 4.69) is 15.5 Å². The number of nitrogens with zero attached hydrogens (tertiary/aromatic N) is 4. The SMILES string of the molecule is COc1ccc(-n2c(CCNC(C)=O)nnc2SCC(=O)c2cccc([N+](=O)[O-])c2)cc1. The molecular weight excluding hydrogens is 434 g/mol. The number of hydrogen-bond acceptors (Lipinski definition) is 8. The third-order valence-corrected chi connectivity index (χ3v) is 5.39. The zero-order chi connectivity index (χ0) is 23.1. The van der Waals surface area contributed by atoms with Gasteiger partial charge in [0.25, 0.3) is 5.69 Å². The number of hydrogen-bond donors (Lipinski definition) is 1. The Bertz CT molecular complexity index is 1130. The number of benzene rings is 2. The van der Waals surface area contributed by atoms with Crippen LogP contribution in [0.3, 0.4) is 0 Å². The van der Waals surface area contributed by atoms with Gasteiger partial charge in [0, 0.05) is 43.3 Å². The van der Waals surface area contributed by atoms with Gasteiger partial charge in [-0.1, -0.05) is 23.9 Å². The zero-order valence-corrected chi connectivity index (χ0v) is 18.3. The maximum atomic E-state index is 12.6. The van der Waals surface area contributed by atoms with Crippen molar-refractivity contribution in [1.29, 1.82) is 0 Å². The van der Waals surface area contributed by atoms with Crippen LogP contribution in [0.2, 0.25) is 0 Å². The van der Waals surface area contributed by atoms with Gasteiger partial charge in [0.1, 0.15) is 11.6 Å². The number of aromatic nitrogens is 3. The largest absolute Gasteiger partial charge is 0.497 e. The minimum absolute atomic E-state index is 0.0289. The Balaban J connectivity index is 1.82. The molecule has 0 bridgehead atoms. The molecular formula is C21H21N5O5S. The molecule has 0 aliphatic carbocycles. The van der Waals surface area contributed by atoms with E-state index < -0.39 is 4.92 Å². The molecule has 1 aromatic heterocycles. The van der Waals surface area contributed by atoms with E-state index in [1.165, 1.54) is 36.9 Å². The van der Waals surface area contributed by atoms with Crippen molar-refractivity contribution >= 4 is 29.1 Å². The smallest absolute Gasteiger partial charge is 0.270 e. The van der Waals surface area contributed by atoms with Crippen LogP contribution >= 0.6 is 11.8 Å². The van der Waals surface area contributed by atoms with E-state index in [0.29, 0.717) is 29.7 Å². The summed E-state index contributed by atoms with van der Waals surface area (Å²) in [6, 6.07) is 12.9. The fourth-order valence-corrected chi connectivity index (χ4v) is 3.77. The Hall–Kier alpha value is -3.73. The highest BCUT2D eigenvalue weighted by Crippen LogP contribution is 2.25. The van der Waals surface area contributed by atoms with E-state index in [9.17, 15) is 19.7 Å². The third-order valence-electron chi connectivity index (χ3n) is 4.46. The van der Waals surface area contributed by atoms with Crippen LogP contribution in [0.4, 0.5) is 5.69 Å². The Kier molecular flexibility index (Phi) is 7.55. The predicted octanol–water partition coefficient (Wildman–Crippen LogP) is 2.84. The van der Waals surface area contributed by atoms with Crippen LogP contribution in [0.1, 0.15) is 23.1 Å². The number of thioether (sulfide) groups is 1.